The number of halogens is 3. The molecule has 0 aromatic heterocycles. The van der Waals surface area contributed by atoms with E-state index in [1.807, 2.05) is 24.3 Å². The Morgan fingerprint density at radius 2 is 1.47 bits per heavy atom. The number of rotatable bonds is 12. The highest BCUT2D eigenvalue weighted by molar-refractivity contribution is 5.71. The molecule has 1 fully saturated rings. The van der Waals surface area contributed by atoms with E-state index in [9.17, 15) is 13.2 Å². The molecule has 0 spiro atoms. The molecule has 1 nitrogen and oxygen atoms in total. The maximum Gasteiger partial charge on any atom is 0.166 e. The Hall–Kier alpha value is -2.85. The molecule has 2 atom stereocenters. The lowest BCUT2D eigenvalue weighted by Gasteiger charge is -2.28. The average molecular weight is 521 g/mol. The minimum absolute atomic E-state index is 0.241. The fourth-order valence-electron chi connectivity index (χ4n) is 5.29. The fourth-order valence-corrected chi connectivity index (χ4v) is 5.29. The predicted molar refractivity (Wildman–Crippen MR) is 150 cm³/mol. The van der Waals surface area contributed by atoms with Gasteiger partial charge in [-0.15, -0.1) is 6.58 Å². The van der Waals surface area contributed by atoms with Crippen LogP contribution in [-0.4, -0.2) is 6.61 Å². The van der Waals surface area contributed by atoms with Gasteiger partial charge in [0.1, 0.15) is 5.82 Å². The van der Waals surface area contributed by atoms with Crippen LogP contribution < -0.4 is 0 Å². The lowest BCUT2D eigenvalue weighted by atomic mass is 9.93. The molecule has 3 aromatic carbocycles. The van der Waals surface area contributed by atoms with E-state index in [0.29, 0.717) is 35.6 Å². The van der Waals surface area contributed by atoms with Crippen molar-refractivity contribution >= 4 is 0 Å². The smallest absolute Gasteiger partial charge is 0.166 e. The third-order valence-corrected chi connectivity index (χ3v) is 7.73. The Bertz CT molecular complexity index is 1190. The molecule has 4 heteroatoms. The molecule has 38 heavy (non-hydrogen) atoms. The van der Waals surface area contributed by atoms with Crippen molar-refractivity contribution in [2.45, 2.75) is 77.2 Å². The van der Waals surface area contributed by atoms with Crippen LogP contribution in [0.4, 0.5) is 13.2 Å². The Labute approximate surface area is 225 Å². The minimum Gasteiger partial charge on any atom is -0.373 e. The summed E-state index contributed by atoms with van der Waals surface area (Å²) in [5.41, 5.74) is 3.39. The standard InChI is InChI=1S/C34H39F3O/c1-3-5-6-7-8-9-10-11-27-17-19-29(34(37)33(27)36)26-15-13-25(14-16-26)28-18-20-30(31(35)22-28)32-21-12-24(4-2)23-38-32/h4,13-20,22,24,32H,2-3,5-12,21,23H2,1H3. The van der Waals surface area contributed by atoms with E-state index in [-0.39, 0.29) is 17.5 Å². The molecule has 0 aliphatic carbocycles. The van der Waals surface area contributed by atoms with Crippen LogP contribution in [0.15, 0.2) is 67.3 Å². The SMILES string of the molecule is C=CC1CCC(c2ccc(-c3ccc(-c4ccc(CCCCCCCCC)c(F)c4F)cc3)cc2F)OC1. The van der Waals surface area contributed by atoms with E-state index < -0.39 is 11.6 Å². The Morgan fingerprint density at radius 3 is 2.13 bits per heavy atom. The van der Waals surface area contributed by atoms with Gasteiger partial charge in [-0.2, -0.15) is 0 Å². The van der Waals surface area contributed by atoms with E-state index in [4.69, 9.17) is 4.74 Å². The molecule has 1 heterocycles. The first-order valence-electron chi connectivity index (χ1n) is 14.1. The van der Waals surface area contributed by atoms with Gasteiger partial charge in [0, 0.05) is 17.0 Å². The van der Waals surface area contributed by atoms with Crippen LogP contribution in [0.1, 0.15) is 81.9 Å². The second-order valence-corrected chi connectivity index (χ2v) is 10.5. The van der Waals surface area contributed by atoms with E-state index in [1.165, 1.54) is 31.7 Å². The second kappa shape index (κ2) is 13.8. The molecule has 1 saturated heterocycles. The highest BCUT2D eigenvalue weighted by Gasteiger charge is 2.24. The lowest BCUT2D eigenvalue weighted by molar-refractivity contribution is -0.00700. The van der Waals surface area contributed by atoms with Crippen molar-refractivity contribution in [1.29, 1.82) is 0 Å². The fraction of sp³-hybridized carbons (Fsp3) is 0.412. The molecule has 202 valence electrons. The van der Waals surface area contributed by atoms with Gasteiger partial charge < -0.3 is 4.74 Å². The third-order valence-electron chi connectivity index (χ3n) is 7.73. The van der Waals surface area contributed by atoms with Crippen molar-refractivity contribution in [3.05, 3.63) is 95.8 Å². The summed E-state index contributed by atoms with van der Waals surface area (Å²) in [6, 6.07) is 15.7. The lowest BCUT2D eigenvalue weighted by Crippen LogP contribution is -2.19. The Kier molecular flexibility index (Phi) is 10.2. The Balaban J connectivity index is 1.39. The molecule has 1 aliphatic rings. The van der Waals surface area contributed by atoms with Crippen LogP contribution >= 0.6 is 0 Å². The topological polar surface area (TPSA) is 9.23 Å². The van der Waals surface area contributed by atoms with Gasteiger partial charge in [-0.3, -0.25) is 0 Å². The van der Waals surface area contributed by atoms with Gasteiger partial charge in [-0.05, 0) is 54.0 Å². The van der Waals surface area contributed by atoms with E-state index in [1.54, 1.807) is 30.3 Å². The molecule has 0 N–H and O–H groups in total. The zero-order valence-corrected chi connectivity index (χ0v) is 22.5. The molecular weight excluding hydrogens is 481 g/mol. The monoisotopic (exact) mass is 520 g/mol. The second-order valence-electron chi connectivity index (χ2n) is 10.5. The first kappa shape index (κ1) is 28.2. The van der Waals surface area contributed by atoms with Crippen molar-refractivity contribution in [1.82, 2.24) is 0 Å². The summed E-state index contributed by atoms with van der Waals surface area (Å²) in [5, 5.41) is 0. The maximum atomic E-state index is 15.0. The summed E-state index contributed by atoms with van der Waals surface area (Å²) >= 11 is 0. The van der Waals surface area contributed by atoms with Gasteiger partial charge in [0.25, 0.3) is 0 Å². The number of ether oxygens (including phenoxy) is 1. The number of hydrogen-bond donors (Lipinski definition) is 0. The molecule has 3 aromatic rings. The summed E-state index contributed by atoms with van der Waals surface area (Å²) in [7, 11) is 0. The summed E-state index contributed by atoms with van der Waals surface area (Å²) in [6.45, 7) is 6.57. The summed E-state index contributed by atoms with van der Waals surface area (Å²) in [4.78, 5) is 0. The zero-order chi connectivity index (χ0) is 26.9. The zero-order valence-electron chi connectivity index (χ0n) is 22.5. The molecule has 4 rings (SSSR count). The minimum atomic E-state index is -0.806. The summed E-state index contributed by atoms with van der Waals surface area (Å²) < 4.78 is 50.6. The number of benzene rings is 3. The highest BCUT2D eigenvalue weighted by atomic mass is 19.2. The number of aryl methyl sites for hydroxylation is 1. The number of hydrogen-bond acceptors (Lipinski definition) is 1. The van der Waals surface area contributed by atoms with E-state index >= 15 is 0 Å². The third kappa shape index (κ3) is 6.96. The van der Waals surface area contributed by atoms with Crippen LogP contribution in [0.3, 0.4) is 0 Å². The molecule has 0 bridgehead atoms. The number of unbranched alkanes of at least 4 members (excludes halogenated alkanes) is 6. The molecule has 2 unspecified atom stereocenters. The quantitative estimate of drug-likeness (QED) is 0.170. The molecule has 1 aliphatic heterocycles. The predicted octanol–water partition coefficient (Wildman–Crippen LogP) is 10.4. The van der Waals surface area contributed by atoms with Crippen LogP contribution in [0.5, 0.6) is 0 Å². The molecular formula is C34H39F3O. The normalized spacial score (nSPS) is 17.5. The van der Waals surface area contributed by atoms with Crippen LogP contribution in [0.2, 0.25) is 0 Å². The van der Waals surface area contributed by atoms with E-state index in [0.717, 1.165) is 43.2 Å². The van der Waals surface area contributed by atoms with Crippen molar-refractivity contribution in [2.75, 3.05) is 6.61 Å². The van der Waals surface area contributed by atoms with Crippen molar-refractivity contribution in [3.8, 4) is 22.3 Å². The summed E-state index contributed by atoms with van der Waals surface area (Å²) in [5.74, 6) is -1.52. The molecule has 0 radical (unpaired) electrons. The maximum absolute atomic E-state index is 15.0. The van der Waals surface area contributed by atoms with Gasteiger partial charge >= 0.3 is 0 Å². The van der Waals surface area contributed by atoms with Gasteiger partial charge in [0.15, 0.2) is 11.6 Å². The van der Waals surface area contributed by atoms with Gasteiger partial charge in [-0.1, -0.05) is 100 Å². The molecule has 0 amide bonds. The van der Waals surface area contributed by atoms with E-state index in [2.05, 4.69) is 13.5 Å². The van der Waals surface area contributed by atoms with Gasteiger partial charge in [0.05, 0.1) is 12.7 Å². The van der Waals surface area contributed by atoms with Crippen molar-refractivity contribution in [3.63, 3.8) is 0 Å². The van der Waals surface area contributed by atoms with Crippen LogP contribution in [0.25, 0.3) is 22.3 Å². The van der Waals surface area contributed by atoms with Crippen molar-refractivity contribution < 1.29 is 17.9 Å². The average Bonchev–Trinajstić information content (AvgIpc) is 2.95. The van der Waals surface area contributed by atoms with Crippen LogP contribution in [0, 0.1) is 23.4 Å². The van der Waals surface area contributed by atoms with Crippen LogP contribution in [-0.2, 0) is 11.2 Å². The highest BCUT2D eigenvalue weighted by Crippen LogP contribution is 2.35. The van der Waals surface area contributed by atoms with Gasteiger partial charge in [0.2, 0.25) is 0 Å². The molecule has 0 saturated carbocycles. The Morgan fingerprint density at radius 1 is 0.789 bits per heavy atom. The summed E-state index contributed by atoms with van der Waals surface area (Å²) in [6.07, 6.45) is 11.9. The first-order valence-corrected chi connectivity index (χ1v) is 14.1. The van der Waals surface area contributed by atoms with Crippen molar-refractivity contribution in [2.24, 2.45) is 5.92 Å². The first-order chi connectivity index (χ1) is 18.5. The van der Waals surface area contributed by atoms with Gasteiger partial charge in [-0.25, -0.2) is 13.2 Å². The largest absolute Gasteiger partial charge is 0.373 e.